The molecule has 0 saturated heterocycles. The normalized spacial score (nSPS) is 5.95. The van der Waals surface area contributed by atoms with Crippen molar-refractivity contribution < 1.29 is 9.90 Å². The number of allylic oxidation sites excluding steroid dienone is 5. The van der Waals surface area contributed by atoms with E-state index in [9.17, 15) is 4.79 Å². The monoisotopic (exact) mass is 261 g/mol. The largest absolute Gasteiger partial charge is 0.478 e. The van der Waals surface area contributed by atoms with Gasteiger partial charge in [-0.3, -0.25) is 0 Å². The van der Waals surface area contributed by atoms with Crippen LogP contribution in [0.5, 0.6) is 0 Å². The van der Waals surface area contributed by atoms with Crippen molar-refractivity contribution in [2.24, 2.45) is 0 Å². The lowest BCUT2D eigenvalue weighted by Crippen LogP contribution is -1.92. The Morgan fingerprint density at radius 2 is 1.32 bits per heavy atom. The molecule has 0 radical (unpaired) electrons. The molecule has 3 nitrogen and oxygen atoms in total. The molecule has 0 amide bonds. The first kappa shape index (κ1) is 25.3. The van der Waals surface area contributed by atoms with Gasteiger partial charge in [0.05, 0.1) is 6.07 Å². The summed E-state index contributed by atoms with van der Waals surface area (Å²) in [6, 6.07) is 1.69. The summed E-state index contributed by atoms with van der Waals surface area (Å²) in [7, 11) is 0. The molecule has 0 aliphatic carbocycles. The summed E-state index contributed by atoms with van der Waals surface area (Å²) < 4.78 is 0. The lowest BCUT2D eigenvalue weighted by molar-refractivity contribution is -0.132. The molecule has 0 aliphatic rings. The Morgan fingerprint density at radius 3 is 1.32 bits per heavy atom. The van der Waals surface area contributed by atoms with E-state index in [0.717, 1.165) is 5.57 Å². The van der Waals surface area contributed by atoms with Gasteiger partial charge in [0.1, 0.15) is 0 Å². The van der Waals surface area contributed by atoms with Gasteiger partial charge in [-0.25, -0.2) is 4.79 Å². The second-order valence-corrected chi connectivity index (χ2v) is 2.94. The molecule has 0 aromatic carbocycles. The van der Waals surface area contributed by atoms with Gasteiger partial charge in [0.15, 0.2) is 0 Å². The number of rotatable bonds is 3. The quantitative estimate of drug-likeness (QED) is 0.464. The minimum atomic E-state index is -0.935. The molecule has 0 aliphatic heterocycles. The number of nitrogens with zero attached hydrogens (tertiary/aromatic N) is 1. The molecule has 0 spiro atoms. The predicted molar refractivity (Wildman–Crippen MR) is 83.7 cm³/mol. The van der Waals surface area contributed by atoms with Gasteiger partial charge in [0.2, 0.25) is 0 Å². The van der Waals surface area contributed by atoms with Crippen LogP contribution in [-0.4, -0.2) is 11.1 Å². The Hall–Kier alpha value is -2.60. The number of hydrogen-bond acceptors (Lipinski definition) is 2. The van der Waals surface area contributed by atoms with E-state index in [2.05, 4.69) is 39.5 Å². The zero-order chi connectivity index (χ0) is 16.3. The van der Waals surface area contributed by atoms with Crippen LogP contribution in [0.4, 0.5) is 0 Å². The van der Waals surface area contributed by atoms with Crippen molar-refractivity contribution in [1.29, 1.82) is 5.26 Å². The van der Waals surface area contributed by atoms with Gasteiger partial charge in [-0.05, 0) is 13.8 Å². The fourth-order valence-corrected chi connectivity index (χ4v) is 0. The van der Waals surface area contributed by atoms with E-state index >= 15 is 0 Å². The van der Waals surface area contributed by atoms with Crippen LogP contribution in [0.15, 0.2) is 74.9 Å². The van der Waals surface area contributed by atoms with Gasteiger partial charge < -0.3 is 5.11 Å². The summed E-state index contributed by atoms with van der Waals surface area (Å²) in [5, 5.41) is 15.4. The Labute approximate surface area is 116 Å². The zero-order valence-corrected chi connectivity index (χ0v) is 11.9. The Bertz CT molecular complexity index is 339. The molecule has 1 N–H and O–H groups in total. The number of carboxylic acid groups (broad SMARTS) is 1. The second kappa shape index (κ2) is 24.6. The molecule has 0 atom stereocenters. The van der Waals surface area contributed by atoms with Gasteiger partial charge in [0.25, 0.3) is 0 Å². The Morgan fingerprint density at radius 1 is 1.11 bits per heavy atom. The van der Waals surface area contributed by atoms with Crippen LogP contribution in [0.2, 0.25) is 0 Å². The summed E-state index contributed by atoms with van der Waals surface area (Å²) in [5.74, 6) is -0.935. The van der Waals surface area contributed by atoms with Crippen molar-refractivity contribution in [3.05, 3.63) is 74.9 Å². The van der Waals surface area contributed by atoms with E-state index in [0.29, 0.717) is 0 Å². The zero-order valence-electron chi connectivity index (χ0n) is 11.9. The van der Waals surface area contributed by atoms with Crippen LogP contribution < -0.4 is 0 Å². The molecule has 0 unspecified atom stereocenters. The molecule has 0 saturated carbocycles. The van der Waals surface area contributed by atoms with E-state index in [1.54, 1.807) is 24.3 Å². The molecule has 0 heterocycles. The lowest BCUT2D eigenvalue weighted by atomic mass is 10.4. The highest BCUT2D eigenvalue weighted by Crippen LogP contribution is 1.81. The minimum absolute atomic E-state index is 0.176. The van der Waals surface area contributed by atoms with Crippen molar-refractivity contribution in [3.8, 4) is 6.07 Å². The standard InChI is InChI=1S/C5H8.C4H6O2.C4H6.C3H3N/c1-4-5(2)3;1-3(2)4(5)6;1-3-4-2;1-2-3-4/h4H,1-2H2,3H3;1H2,2H3,(H,5,6);3-4H,1-2H2;2H,1H2. The number of carbonyl (C=O) groups is 1. The summed E-state index contributed by atoms with van der Waals surface area (Å²) in [5.41, 5.74) is 1.19. The average Bonchev–Trinajstić information content (AvgIpc) is 2.39. The SMILES string of the molecule is C=C(C)C(=O)O.C=CC#N.C=CC(=C)C.C=CC=C. The average molecular weight is 261 g/mol. The van der Waals surface area contributed by atoms with Crippen LogP contribution in [0, 0.1) is 11.3 Å². The molecular formula is C16H23NO2. The first-order valence-corrected chi connectivity index (χ1v) is 5.15. The van der Waals surface area contributed by atoms with Crippen LogP contribution in [0.1, 0.15) is 13.8 Å². The topological polar surface area (TPSA) is 61.1 Å². The first-order chi connectivity index (χ1) is 8.74. The van der Waals surface area contributed by atoms with Crippen LogP contribution >= 0.6 is 0 Å². The van der Waals surface area contributed by atoms with E-state index in [4.69, 9.17) is 10.4 Å². The summed E-state index contributed by atoms with van der Waals surface area (Å²) in [4.78, 5) is 9.60. The summed E-state index contributed by atoms with van der Waals surface area (Å²) >= 11 is 0. The molecule has 104 valence electrons. The van der Waals surface area contributed by atoms with Gasteiger partial charge in [0, 0.05) is 11.6 Å². The van der Waals surface area contributed by atoms with Crippen LogP contribution in [0.3, 0.4) is 0 Å². The maximum atomic E-state index is 9.60. The van der Waals surface area contributed by atoms with Gasteiger partial charge >= 0.3 is 5.97 Å². The first-order valence-electron chi connectivity index (χ1n) is 5.15. The molecule has 0 aromatic heterocycles. The van der Waals surface area contributed by atoms with Gasteiger partial charge in [-0.1, -0.05) is 63.3 Å². The maximum Gasteiger partial charge on any atom is 0.330 e. The van der Waals surface area contributed by atoms with Crippen molar-refractivity contribution in [2.45, 2.75) is 13.8 Å². The highest BCUT2D eigenvalue weighted by molar-refractivity contribution is 5.84. The minimum Gasteiger partial charge on any atom is -0.478 e. The lowest BCUT2D eigenvalue weighted by Gasteiger charge is -1.79. The molecule has 0 fully saturated rings. The predicted octanol–water partition coefficient (Wildman–Crippen LogP) is 4.45. The number of nitriles is 1. The highest BCUT2D eigenvalue weighted by Gasteiger charge is 1.90. The van der Waals surface area contributed by atoms with Gasteiger partial charge in [-0.15, -0.1) is 0 Å². The van der Waals surface area contributed by atoms with Crippen molar-refractivity contribution in [2.75, 3.05) is 0 Å². The summed E-state index contributed by atoms with van der Waals surface area (Å²) in [6.45, 7) is 23.4. The van der Waals surface area contributed by atoms with E-state index in [-0.39, 0.29) is 5.57 Å². The Balaban J connectivity index is -0.0000000803. The molecule has 19 heavy (non-hydrogen) atoms. The number of carboxylic acids is 1. The fraction of sp³-hybridized carbons (Fsp3) is 0.125. The van der Waals surface area contributed by atoms with Gasteiger partial charge in [-0.2, -0.15) is 5.26 Å². The molecule has 0 bridgehead atoms. The van der Waals surface area contributed by atoms with Crippen molar-refractivity contribution >= 4 is 5.97 Å². The smallest absolute Gasteiger partial charge is 0.330 e. The fourth-order valence-electron chi connectivity index (χ4n) is 0. The van der Waals surface area contributed by atoms with Crippen LogP contribution in [-0.2, 0) is 4.79 Å². The Kier molecular flexibility index (Phi) is 32.7. The maximum absolute atomic E-state index is 9.60. The van der Waals surface area contributed by atoms with E-state index < -0.39 is 5.97 Å². The van der Waals surface area contributed by atoms with Crippen LogP contribution in [0.25, 0.3) is 0 Å². The summed E-state index contributed by atoms with van der Waals surface area (Å²) in [6.07, 6.45) is 6.18. The van der Waals surface area contributed by atoms with Crippen molar-refractivity contribution in [1.82, 2.24) is 0 Å². The number of aliphatic carboxylic acids is 1. The van der Waals surface area contributed by atoms with E-state index in [1.807, 2.05) is 6.92 Å². The second-order valence-electron chi connectivity index (χ2n) is 2.94. The highest BCUT2D eigenvalue weighted by atomic mass is 16.4. The van der Waals surface area contributed by atoms with Crippen molar-refractivity contribution in [3.63, 3.8) is 0 Å². The molecular weight excluding hydrogens is 238 g/mol. The molecule has 0 rings (SSSR count). The molecule has 0 aromatic rings. The third kappa shape index (κ3) is 94.8. The third-order valence-corrected chi connectivity index (χ3v) is 0.972. The molecule has 3 heteroatoms. The third-order valence-electron chi connectivity index (χ3n) is 0.972. The van der Waals surface area contributed by atoms with E-state index in [1.165, 1.54) is 13.0 Å². The number of hydrogen-bond donors (Lipinski definition) is 1.